The van der Waals surface area contributed by atoms with E-state index in [1.54, 1.807) is 6.07 Å². The molecule has 7 rings (SSSR count). The maximum Gasteiger partial charge on any atom is 0.272 e. The van der Waals surface area contributed by atoms with Crippen molar-refractivity contribution in [3.8, 4) is 11.5 Å². The number of phenols is 1. The molecule has 35 heavy (non-hydrogen) atoms. The van der Waals surface area contributed by atoms with Gasteiger partial charge in [0.2, 0.25) is 0 Å². The van der Waals surface area contributed by atoms with Crippen molar-refractivity contribution in [2.45, 2.75) is 49.3 Å². The second kappa shape index (κ2) is 7.02. The van der Waals surface area contributed by atoms with Gasteiger partial charge < -0.3 is 30.2 Å². The highest BCUT2D eigenvalue weighted by Crippen LogP contribution is 2.68. The number of rotatable bonds is 2. The molecule has 0 saturated carbocycles. The number of carbonyl (C=O) groups is 1. The number of aliphatic hydroxyl groups is 1. The number of aromatic nitrogens is 1. The third-order valence-corrected chi connectivity index (χ3v) is 9.58. The fourth-order valence-electron chi connectivity index (χ4n) is 7.31. The van der Waals surface area contributed by atoms with Crippen LogP contribution in [0, 0.1) is 10.5 Å². The van der Waals surface area contributed by atoms with E-state index < -0.39 is 17.1 Å². The first-order valence-electron chi connectivity index (χ1n) is 12.0. The van der Waals surface area contributed by atoms with Gasteiger partial charge >= 0.3 is 0 Å². The highest BCUT2D eigenvalue weighted by molar-refractivity contribution is 14.1. The van der Waals surface area contributed by atoms with Crippen molar-refractivity contribution in [2.24, 2.45) is 0 Å². The zero-order valence-corrected chi connectivity index (χ0v) is 21.6. The van der Waals surface area contributed by atoms with Gasteiger partial charge in [0.15, 0.2) is 17.6 Å². The van der Waals surface area contributed by atoms with E-state index >= 15 is 0 Å². The third kappa shape index (κ3) is 2.60. The molecule has 4 aliphatic rings. The number of carbonyl (C=O) groups excluding carboxylic acids is 1. The zero-order chi connectivity index (χ0) is 24.3. The number of nitrogens with zero attached hydrogens (tertiary/aromatic N) is 1. The molecule has 1 saturated heterocycles. The summed E-state index contributed by atoms with van der Waals surface area (Å²) in [6.07, 6.45) is 1.36. The maximum atomic E-state index is 13.4. The van der Waals surface area contributed by atoms with Crippen LogP contribution in [0.15, 0.2) is 36.4 Å². The molecule has 3 heterocycles. The van der Waals surface area contributed by atoms with Crippen molar-refractivity contribution < 1.29 is 19.7 Å². The molecule has 4 atom stereocenters. The van der Waals surface area contributed by atoms with Crippen LogP contribution in [0.1, 0.15) is 51.0 Å². The summed E-state index contributed by atoms with van der Waals surface area (Å²) in [5, 5.41) is 26.3. The predicted octanol–water partition coefficient (Wildman–Crippen LogP) is 3.80. The number of piperidine rings is 1. The molecule has 8 heteroatoms. The van der Waals surface area contributed by atoms with Gasteiger partial charge in [0.05, 0.1) is 16.7 Å². The van der Waals surface area contributed by atoms with E-state index in [-0.39, 0.29) is 17.7 Å². The fraction of sp³-hybridized carbons (Fsp3) is 0.370. The van der Waals surface area contributed by atoms with E-state index in [1.807, 2.05) is 37.3 Å². The second-order valence-corrected chi connectivity index (χ2v) is 11.7. The summed E-state index contributed by atoms with van der Waals surface area (Å²) < 4.78 is 7.57. The quantitative estimate of drug-likeness (QED) is 0.346. The number of amides is 1. The Morgan fingerprint density at radius 3 is 2.94 bits per heavy atom. The Morgan fingerprint density at radius 2 is 2.14 bits per heavy atom. The van der Waals surface area contributed by atoms with Gasteiger partial charge in [0, 0.05) is 27.3 Å². The predicted molar refractivity (Wildman–Crippen MR) is 139 cm³/mol. The van der Waals surface area contributed by atoms with Gasteiger partial charge in [0.25, 0.3) is 5.91 Å². The second-order valence-electron chi connectivity index (χ2n) is 10.5. The summed E-state index contributed by atoms with van der Waals surface area (Å²) in [6, 6.07) is 11.3. The molecular weight excluding hydrogens is 554 g/mol. The Hall–Kier alpha value is -2.56. The number of nitrogens with one attached hydrogen (secondary N) is 2. The van der Waals surface area contributed by atoms with Crippen LogP contribution >= 0.6 is 22.6 Å². The van der Waals surface area contributed by atoms with Crippen LogP contribution in [0.5, 0.6) is 11.5 Å². The number of likely N-dealkylation sites (tertiary alicyclic amines) is 1. The molecule has 3 aromatic rings. The highest BCUT2D eigenvalue weighted by atomic mass is 124. The molecule has 7 nitrogen and oxygen atoms in total. The van der Waals surface area contributed by atoms with Crippen molar-refractivity contribution in [3.63, 3.8) is 0 Å². The number of anilines is 1. The van der Waals surface area contributed by atoms with Crippen LogP contribution in [-0.4, -0.2) is 51.2 Å². The number of benzene rings is 2. The maximum absolute atomic E-state index is 13.4. The standard InChI is InChI=1S/C27H26IN3O4/c1-13-17-12-27(34)19-10-14-6-7-18(32)23-20(14)26(27,8-9-31(19)2)24(35-23)22(17)30-21(13)25(33)29-16-5-3-4-15(28)11-16/h3-7,11,19,24,30,32,34H,8-10,12H2,1-2H3,(H,29,33)/t19-,24+,26+,27-/m1/s1/i28-3. The minimum atomic E-state index is -1.07. The van der Waals surface area contributed by atoms with E-state index in [2.05, 4.69) is 44.8 Å². The minimum absolute atomic E-state index is 0.0727. The Bertz CT molecular complexity index is 1430. The average Bonchev–Trinajstić information content (AvgIpc) is 3.33. The number of likely N-dealkylation sites (N-methyl/N-ethyl adjacent to an activating group) is 1. The molecular formula is C27H26IN3O4. The number of aromatic hydroxyl groups is 1. The van der Waals surface area contributed by atoms with E-state index in [9.17, 15) is 15.0 Å². The van der Waals surface area contributed by atoms with Crippen LogP contribution in [0.4, 0.5) is 5.69 Å². The minimum Gasteiger partial charge on any atom is -0.504 e. The topological polar surface area (TPSA) is 97.8 Å². The normalized spacial score (nSPS) is 29.8. The van der Waals surface area contributed by atoms with Gasteiger partial charge in [-0.1, -0.05) is 12.1 Å². The number of fused-ring (bicyclic) bond motifs is 2. The van der Waals surface area contributed by atoms with Crippen LogP contribution in [0.3, 0.4) is 0 Å². The van der Waals surface area contributed by atoms with Crippen molar-refractivity contribution in [3.05, 3.63) is 73.6 Å². The molecule has 1 amide bonds. The smallest absolute Gasteiger partial charge is 0.272 e. The van der Waals surface area contributed by atoms with Crippen molar-refractivity contribution in [2.75, 3.05) is 18.9 Å². The molecule has 4 N–H and O–H groups in total. The Morgan fingerprint density at radius 1 is 1.31 bits per heavy atom. The number of ether oxygens (including phenoxy) is 1. The van der Waals surface area contributed by atoms with Gasteiger partial charge in [-0.15, -0.1) is 0 Å². The average molecular weight is 580 g/mol. The fourth-order valence-corrected chi connectivity index (χ4v) is 7.85. The van der Waals surface area contributed by atoms with Gasteiger partial charge in [0.1, 0.15) is 5.69 Å². The number of halogens is 1. The molecule has 180 valence electrons. The molecule has 2 bridgehead atoms. The molecule has 1 aromatic heterocycles. The molecule has 1 fully saturated rings. The Balaban J connectivity index is 1.39. The molecule has 2 aliphatic carbocycles. The SMILES string of the molecule is Cc1c(C(=O)Nc2cccc([124I])c2)[nH]c2c1C[C@@]1(O)[C@H]3Cc4ccc(O)c5c4[C@@]1(CCN3C)[C@H]2O5. The first-order valence-corrected chi connectivity index (χ1v) is 13.1. The van der Waals surface area contributed by atoms with Crippen molar-refractivity contribution in [1.29, 1.82) is 0 Å². The van der Waals surface area contributed by atoms with E-state index in [1.165, 1.54) is 0 Å². The summed E-state index contributed by atoms with van der Waals surface area (Å²) in [4.78, 5) is 19.0. The van der Waals surface area contributed by atoms with Crippen molar-refractivity contribution >= 4 is 34.2 Å². The summed E-state index contributed by atoms with van der Waals surface area (Å²) in [5.74, 6) is 0.373. The zero-order valence-electron chi connectivity index (χ0n) is 19.5. The lowest BCUT2D eigenvalue weighted by Gasteiger charge is -2.62. The number of phenolic OH excluding ortho intramolecular Hbond substituents is 1. The summed E-state index contributed by atoms with van der Waals surface area (Å²) in [6.45, 7) is 2.77. The van der Waals surface area contributed by atoms with E-state index in [4.69, 9.17) is 4.74 Å². The summed E-state index contributed by atoms with van der Waals surface area (Å²) in [7, 11) is 2.08. The van der Waals surface area contributed by atoms with Crippen LogP contribution < -0.4 is 10.1 Å². The first kappa shape index (κ1) is 21.7. The summed E-state index contributed by atoms with van der Waals surface area (Å²) in [5.41, 5.74) is 4.18. The van der Waals surface area contributed by atoms with Gasteiger partial charge in [-0.25, -0.2) is 0 Å². The molecule has 2 aliphatic heterocycles. The van der Waals surface area contributed by atoms with Gasteiger partial charge in [-0.3, -0.25) is 4.79 Å². The van der Waals surface area contributed by atoms with Crippen molar-refractivity contribution in [1.82, 2.24) is 9.88 Å². The number of aromatic amines is 1. The largest absolute Gasteiger partial charge is 0.504 e. The van der Waals surface area contributed by atoms with Crippen LogP contribution in [0.25, 0.3) is 0 Å². The van der Waals surface area contributed by atoms with E-state index in [0.29, 0.717) is 30.7 Å². The number of hydrogen-bond acceptors (Lipinski definition) is 5. The molecule has 0 unspecified atom stereocenters. The Labute approximate surface area is 216 Å². The third-order valence-electron chi connectivity index (χ3n) is 8.91. The lowest BCUT2D eigenvalue weighted by molar-refractivity contribution is -0.167. The monoisotopic (exact) mass is 580 g/mol. The lowest BCUT2D eigenvalue weighted by Crippen LogP contribution is -2.73. The highest BCUT2D eigenvalue weighted by Gasteiger charge is 2.72. The summed E-state index contributed by atoms with van der Waals surface area (Å²) >= 11 is 2.22. The molecule has 2 aromatic carbocycles. The van der Waals surface area contributed by atoms with Crippen LogP contribution in [0.2, 0.25) is 0 Å². The lowest BCUT2D eigenvalue weighted by atomic mass is 9.49. The van der Waals surface area contributed by atoms with Gasteiger partial charge in [-0.2, -0.15) is 0 Å². The number of hydrogen-bond donors (Lipinski definition) is 4. The Kier molecular flexibility index (Phi) is 4.35. The number of H-pyrrole nitrogens is 1. The van der Waals surface area contributed by atoms with Crippen LogP contribution in [-0.2, 0) is 18.3 Å². The van der Waals surface area contributed by atoms with Gasteiger partial charge in [-0.05, 0) is 96.9 Å². The molecule has 0 radical (unpaired) electrons. The first-order chi connectivity index (χ1) is 16.7. The van der Waals surface area contributed by atoms with E-state index in [0.717, 1.165) is 43.8 Å². The molecule has 1 spiro atoms.